The quantitative estimate of drug-likeness (QED) is 0.841. The molecule has 5 heteroatoms. The maximum Gasteiger partial charge on any atom is 0.262 e. The van der Waals surface area contributed by atoms with Gasteiger partial charge in [0.1, 0.15) is 5.75 Å². The molecule has 1 amide bonds. The van der Waals surface area contributed by atoms with E-state index in [4.69, 9.17) is 5.73 Å². The lowest BCUT2D eigenvalue weighted by Gasteiger charge is -2.23. The van der Waals surface area contributed by atoms with Crippen molar-refractivity contribution in [1.82, 2.24) is 4.98 Å². The van der Waals surface area contributed by atoms with Gasteiger partial charge < -0.3 is 15.7 Å². The fourth-order valence-electron chi connectivity index (χ4n) is 2.72. The predicted molar refractivity (Wildman–Crippen MR) is 80.2 cm³/mol. The van der Waals surface area contributed by atoms with Gasteiger partial charge in [0.05, 0.1) is 11.8 Å². The lowest BCUT2D eigenvalue weighted by atomic mass is 10.0. The number of aromatic nitrogens is 1. The lowest BCUT2D eigenvalue weighted by Crippen LogP contribution is -2.31. The first-order valence-electron chi connectivity index (χ1n) is 6.98. The van der Waals surface area contributed by atoms with Gasteiger partial charge in [0.25, 0.3) is 5.91 Å². The molecule has 0 saturated carbocycles. The Morgan fingerprint density at radius 2 is 2.14 bits per heavy atom. The second-order valence-electron chi connectivity index (χ2n) is 5.16. The van der Waals surface area contributed by atoms with Crippen LogP contribution in [0.5, 0.6) is 5.75 Å². The van der Waals surface area contributed by atoms with Gasteiger partial charge in [-0.3, -0.25) is 9.78 Å². The number of carbonyl (C=O) groups excluding carboxylic acids is 1. The van der Waals surface area contributed by atoms with Crippen LogP contribution in [0.1, 0.15) is 34.8 Å². The van der Waals surface area contributed by atoms with Gasteiger partial charge in [0, 0.05) is 24.5 Å². The SMILES string of the molecule is NC1CCCN(C(=O)c2ccncc2O)c2ccccc21. The van der Waals surface area contributed by atoms with Gasteiger partial charge >= 0.3 is 0 Å². The van der Waals surface area contributed by atoms with Crippen molar-refractivity contribution in [1.29, 1.82) is 0 Å². The highest BCUT2D eigenvalue weighted by Crippen LogP contribution is 2.33. The molecule has 1 aliphatic rings. The number of carbonyl (C=O) groups is 1. The maximum absolute atomic E-state index is 12.7. The molecule has 0 aliphatic carbocycles. The minimum absolute atomic E-state index is 0.0648. The van der Waals surface area contributed by atoms with E-state index in [0.29, 0.717) is 6.54 Å². The zero-order valence-corrected chi connectivity index (χ0v) is 11.6. The average Bonchev–Trinajstić information content (AvgIpc) is 2.67. The molecule has 0 fully saturated rings. The van der Waals surface area contributed by atoms with Crippen molar-refractivity contribution in [2.45, 2.75) is 18.9 Å². The number of benzene rings is 1. The van der Waals surface area contributed by atoms with Crippen LogP contribution < -0.4 is 10.6 Å². The molecule has 5 nitrogen and oxygen atoms in total. The van der Waals surface area contributed by atoms with Gasteiger partial charge in [-0.15, -0.1) is 0 Å². The number of rotatable bonds is 1. The van der Waals surface area contributed by atoms with Crippen LogP contribution in [-0.4, -0.2) is 22.5 Å². The van der Waals surface area contributed by atoms with Crippen LogP contribution in [0.3, 0.4) is 0 Å². The first-order valence-corrected chi connectivity index (χ1v) is 6.98. The molecule has 1 aromatic heterocycles. The molecule has 3 rings (SSSR count). The van der Waals surface area contributed by atoms with Crippen LogP contribution >= 0.6 is 0 Å². The number of nitrogens with zero attached hydrogens (tertiary/aromatic N) is 2. The summed E-state index contributed by atoms with van der Waals surface area (Å²) in [5.74, 6) is -0.329. The largest absolute Gasteiger partial charge is 0.505 e. The van der Waals surface area contributed by atoms with E-state index in [1.54, 1.807) is 4.90 Å². The minimum atomic E-state index is -0.226. The number of amides is 1. The molecular weight excluding hydrogens is 266 g/mol. The molecule has 1 unspecified atom stereocenters. The van der Waals surface area contributed by atoms with E-state index in [2.05, 4.69) is 4.98 Å². The summed E-state index contributed by atoms with van der Waals surface area (Å²) in [7, 11) is 0. The third-order valence-corrected chi connectivity index (χ3v) is 3.80. The van der Waals surface area contributed by atoms with Crippen LogP contribution in [0.15, 0.2) is 42.7 Å². The topological polar surface area (TPSA) is 79.5 Å². The van der Waals surface area contributed by atoms with E-state index in [-0.39, 0.29) is 23.3 Å². The Balaban J connectivity index is 2.04. The molecule has 1 atom stereocenters. The third kappa shape index (κ3) is 2.48. The van der Waals surface area contributed by atoms with E-state index in [0.717, 1.165) is 24.1 Å². The van der Waals surface area contributed by atoms with Crippen LogP contribution in [0.2, 0.25) is 0 Å². The van der Waals surface area contributed by atoms with Crippen LogP contribution in [0.4, 0.5) is 5.69 Å². The molecule has 2 heterocycles. The summed E-state index contributed by atoms with van der Waals surface area (Å²) in [6.07, 6.45) is 4.45. The summed E-state index contributed by atoms with van der Waals surface area (Å²) in [6.45, 7) is 0.589. The third-order valence-electron chi connectivity index (χ3n) is 3.80. The first-order chi connectivity index (χ1) is 10.2. The maximum atomic E-state index is 12.7. The summed E-state index contributed by atoms with van der Waals surface area (Å²) >= 11 is 0. The smallest absolute Gasteiger partial charge is 0.262 e. The standard InChI is InChI=1S/C16H17N3O2/c17-13-5-3-9-19(14-6-2-1-4-11(13)14)16(21)12-7-8-18-10-15(12)20/h1-2,4,6-8,10,13,20H,3,5,9,17H2. The average molecular weight is 283 g/mol. The molecule has 108 valence electrons. The fourth-order valence-corrected chi connectivity index (χ4v) is 2.72. The number of aromatic hydroxyl groups is 1. The number of nitrogens with two attached hydrogens (primary N) is 1. The molecule has 0 bridgehead atoms. The molecular formula is C16H17N3O2. The molecule has 0 spiro atoms. The Bertz CT molecular complexity index is 672. The summed E-state index contributed by atoms with van der Waals surface area (Å²) in [6, 6.07) is 9.14. The van der Waals surface area contributed by atoms with Gasteiger partial charge in [0.2, 0.25) is 0 Å². The van der Waals surface area contributed by atoms with Gasteiger partial charge in [-0.1, -0.05) is 18.2 Å². The molecule has 1 aliphatic heterocycles. The van der Waals surface area contributed by atoms with Crippen molar-refractivity contribution < 1.29 is 9.90 Å². The van der Waals surface area contributed by atoms with Crippen LogP contribution in [0.25, 0.3) is 0 Å². The fraction of sp³-hybridized carbons (Fsp3) is 0.250. The van der Waals surface area contributed by atoms with E-state index >= 15 is 0 Å². The Labute approximate surface area is 123 Å². The number of para-hydroxylation sites is 1. The predicted octanol–water partition coefficient (Wildman–Crippen LogP) is 2.23. The van der Waals surface area contributed by atoms with Crippen molar-refractivity contribution in [2.24, 2.45) is 5.73 Å². The Morgan fingerprint density at radius 1 is 1.33 bits per heavy atom. The number of anilines is 1. The van der Waals surface area contributed by atoms with Crippen LogP contribution in [-0.2, 0) is 0 Å². The van der Waals surface area contributed by atoms with E-state index in [9.17, 15) is 9.90 Å². The molecule has 1 aromatic carbocycles. The summed E-state index contributed by atoms with van der Waals surface area (Å²) in [5, 5.41) is 9.85. The lowest BCUT2D eigenvalue weighted by molar-refractivity contribution is 0.0984. The van der Waals surface area contributed by atoms with E-state index < -0.39 is 0 Å². The monoisotopic (exact) mass is 283 g/mol. The summed E-state index contributed by atoms with van der Waals surface area (Å²) in [5.41, 5.74) is 8.23. The van der Waals surface area contributed by atoms with Crippen molar-refractivity contribution in [3.05, 3.63) is 53.9 Å². The zero-order valence-electron chi connectivity index (χ0n) is 11.6. The highest BCUT2D eigenvalue weighted by atomic mass is 16.3. The van der Waals surface area contributed by atoms with Crippen molar-refractivity contribution in [3.8, 4) is 5.75 Å². The van der Waals surface area contributed by atoms with Gasteiger partial charge in [-0.05, 0) is 30.5 Å². The molecule has 3 N–H and O–H groups in total. The first kappa shape index (κ1) is 13.6. The Kier molecular flexibility index (Phi) is 3.58. The molecule has 2 aromatic rings. The number of hydrogen-bond acceptors (Lipinski definition) is 4. The van der Waals surface area contributed by atoms with Crippen molar-refractivity contribution in [2.75, 3.05) is 11.4 Å². The van der Waals surface area contributed by atoms with Crippen LogP contribution in [0, 0.1) is 0 Å². The van der Waals surface area contributed by atoms with Gasteiger partial charge in [-0.2, -0.15) is 0 Å². The highest BCUT2D eigenvalue weighted by Gasteiger charge is 2.26. The number of fused-ring (bicyclic) bond motifs is 1. The van der Waals surface area contributed by atoms with Gasteiger partial charge in [-0.25, -0.2) is 0 Å². The second-order valence-corrected chi connectivity index (χ2v) is 5.16. The Hall–Kier alpha value is -2.40. The molecule has 21 heavy (non-hydrogen) atoms. The molecule has 0 radical (unpaired) electrons. The van der Waals surface area contributed by atoms with Crippen molar-refractivity contribution >= 4 is 11.6 Å². The minimum Gasteiger partial charge on any atom is -0.505 e. The van der Waals surface area contributed by atoms with Gasteiger partial charge in [0.15, 0.2) is 0 Å². The zero-order chi connectivity index (χ0) is 14.8. The normalized spacial score (nSPS) is 18.0. The van der Waals surface area contributed by atoms with E-state index in [1.165, 1.54) is 18.5 Å². The van der Waals surface area contributed by atoms with E-state index in [1.807, 2.05) is 24.3 Å². The molecule has 0 saturated heterocycles. The number of hydrogen-bond donors (Lipinski definition) is 2. The number of pyridine rings is 1. The highest BCUT2D eigenvalue weighted by molar-refractivity contribution is 6.08. The summed E-state index contributed by atoms with van der Waals surface area (Å²) < 4.78 is 0. The Morgan fingerprint density at radius 3 is 2.95 bits per heavy atom. The second kappa shape index (κ2) is 5.54. The van der Waals surface area contributed by atoms with Crippen molar-refractivity contribution in [3.63, 3.8) is 0 Å². The summed E-state index contributed by atoms with van der Waals surface area (Å²) in [4.78, 5) is 18.2.